The van der Waals surface area contributed by atoms with Gasteiger partial charge in [-0.05, 0) is 24.0 Å². The van der Waals surface area contributed by atoms with Gasteiger partial charge in [0, 0.05) is 43.3 Å². The average Bonchev–Trinajstić information content (AvgIpc) is 2.69. The number of unbranched alkanes of at least 4 members (excludes halogenated alkanes) is 5. The molecule has 2 aromatic heterocycles. The summed E-state index contributed by atoms with van der Waals surface area (Å²) in [6, 6.07) is 8.16. The summed E-state index contributed by atoms with van der Waals surface area (Å²) in [5, 5.41) is 0. The molecule has 0 saturated carbocycles. The van der Waals surface area contributed by atoms with Gasteiger partial charge in [0.2, 0.25) is 0 Å². The van der Waals surface area contributed by atoms with E-state index >= 15 is 0 Å². The fraction of sp³-hybridized carbons (Fsp3) is 0.524. The Kier molecular flexibility index (Phi) is 10.5. The Bertz CT molecular complexity index is 878. The van der Waals surface area contributed by atoms with Crippen molar-refractivity contribution in [2.24, 2.45) is 0 Å². The maximum atomic E-state index is 10.9. The smallest absolute Gasteiger partial charge is 0.324 e. The molecule has 31 heavy (non-hydrogen) atoms. The number of nitrogens with zero attached hydrogens (tertiary/aromatic N) is 2. The number of hydrogen-bond acceptors (Lipinski definition) is 2. The zero-order valence-corrected chi connectivity index (χ0v) is 19.6. The van der Waals surface area contributed by atoms with E-state index in [4.69, 9.17) is 19.6 Å². The van der Waals surface area contributed by atoms with Crippen molar-refractivity contribution in [3.63, 3.8) is 0 Å². The molecule has 0 saturated heterocycles. The standard InChI is InChI=1S/C21H32N2O6P2/c24-30(25,26)18-6-4-2-1-3-5-12-22-14-8-20(9-15-22)21-10-16-23(17-11-21)13-7-19-31(27,28)29/h8-11,14-17H,1-7,12-13,18-19H2,(H2-2,24,25,26,27,28,29)/p+2. The van der Waals surface area contributed by atoms with E-state index in [9.17, 15) is 9.13 Å². The molecule has 2 rings (SSSR count). The van der Waals surface area contributed by atoms with Gasteiger partial charge in [0.15, 0.2) is 24.8 Å². The van der Waals surface area contributed by atoms with Crippen LogP contribution in [0.2, 0.25) is 0 Å². The van der Waals surface area contributed by atoms with Crippen molar-refractivity contribution in [1.29, 1.82) is 0 Å². The SMILES string of the molecule is O=P(O)(O)CCCCCCCC[n+]1ccc(-c2cc[n+](CCCP(=O)(O)O)cc2)cc1. The van der Waals surface area contributed by atoms with E-state index in [0.717, 1.165) is 49.8 Å². The molecule has 0 aliphatic rings. The van der Waals surface area contributed by atoms with Crippen LogP contribution in [0, 0.1) is 0 Å². The molecule has 0 aromatic carbocycles. The molecule has 4 N–H and O–H groups in total. The highest BCUT2D eigenvalue weighted by molar-refractivity contribution is 7.52. The first-order chi connectivity index (χ1) is 14.6. The zero-order valence-electron chi connectivity index (χ0n) is 17.8. The lowest BCUT2D eigenvalue weighted by Crippen LogP contribution is -2.33. The van der Waals surface area contributed by atoms with Crippen molar-refractivity contribution >= 4 is 15.2 Å². The largest absolute Gasteiger partial charge is 0.325 e. The molecule has 0 aliphatic heterocycles. The summed E-state index contributed by atoms with van der Waals surface area (Å²) in [7, 11) is -7.77. The van der Waals surface area contributed by atoms with Gasteiger partial charge in [0.05, 0.1) is 6.16 Å². The predicted molar refractivity (Wildman–Crippen MR) is 118 cm³/mol. The van der Waals surface area contributed by atoms with Crippen LogP contribution in [0.25, 0.3) is 11.1 Å². The van der Waals surface area contributed by atoms with Crippen LogP contribution in [-0.4, -0.2) is 31.9 Å². The molecule has 0 spiro atoms. The molecule has 172 valence electrons. The van der Waals surface area contributed by atoms with Crippen LogP contribution in [-0.2, 0) is 22.2 Å². The second-order valence-corrected chi connectivity index (χ2v) is 11.5. The molecule has 0 atom stereocenters. The number of pyridine rings is 2. The van der Waals surface area contributed by atoms with E-state index < -0.39 is 15.2 Å². The highest BCUT2D eigenvalue weighted by Gasteiger charge is 2.14. The summed E-state index contributed by atoms with van der Waals surface area (Å²) in [6.45, 7) is 1.51. The van der Waals surface area contributed by atoms with Gasteiger partial charge in [-0.25, -0.2) is 9.13 Å². The Morgan fingerprint density at radius 1 is 0.548 bits per heavy atom. The summed E-state index contributed by atoms with van der Waals surface area (Å²) in [4.78, 5) is 35.5. The van der Waals surface area contributed by atoms with E-state index in [2.05, 4.69) is 29.1 Å². The predicted octanol–water partition coefficient (Wildman–Crippen LogP) is 3.01. The van der Waals surface area contributed by atoms with Crippen LogP contribution in [0.1, 0.15) is 44.9 Å². The van der Waals surface area contributed by atoms with Crippen molar-refractivity contribution in [2.45, 2.75) is 58.0 Å². The molecular weight excluding hydrogens is 438 g/mol. The normalized spacial score (nSPS) is 12.3. The number of hydrogen-bond donors (Lipinski definition) is 4. The van der Waals surface area contributed by atoms with E-state index in [-0.39, 0.29) is 12.3 Å². The van der Waals surface area contributed by atoms with E-state index in [1.54, 1.807) is 0 Å². The summed E-state index contributed by atoms with van der Waals surface area (Å²) in [5.74, 6) is 0. The molecule has 2 heterocycles. The second-order valence-electron chi connectivity index (χ2n) is 7.90. The van der Waals surface area contributed by atoms with Crippen molar-refractivity contribution in [2.75, 3.05) is 12.3 Å². The Hall–Kier alpha value is -1.40. The third-order valence-electron chi connectivity index (χ3n) is 5.10. The first-order valence-electron chi connectivity index (χ1n) is 10.7. The summed E-state index contributed by atoms with van der Waals surface area (Å²) < 4.78 is 25.8. The van der Waals surface area contributed by atoms with Gasteiger partial charge in [-0.3, -0.25) is 9.13 Å². The first-order valence-corrected chi connectivity index (χ1v) is 14.3. The fourth-order valence-electron chi connectivity index (χ4n) is 3.38. The average molecular weight is 472 g/mol. The van der Waals surface area contributed by atoms with E-state index in [1.165, 1.54) is 0 Å². The topological polar surface area (TPSA) is 123 Å². The van der Waals surface area contributed by atoms with Crippen LogP contribution < -0.4 is 9.13 Å². The Morgan fingerprint density at radius 3 is 1.35 bits per heavy atom. The van der Waals surface area contributed by atoms with Crippen molar-refractivity contribution in [3.8, 4) is 11.1 Å². The summed E-state index contributed by atoms with van der Waals surface area (Å²) in [6.07, 6.45) is 14.0. The molecule has 10 heteroatoms. The third-order valence-corrected chi connectivity index (χ3v) is 6.89. The minimum atomic E-state index is -3.93. The van der Waals surface area contributed by atoms with Crippen LogP contribution in [0.15, 0.2) is 49.1 Å². The maximum Gasteiger partial charge on any atom is 0.325 e. The molecule has 0 radical (unpaired) electrons. The van der Waals surface area contributed by atoms with Gasteiger partial charge in [0.1, 0.15) is 13.1 Å². The third kappa shape index (κ3) is 11.7. The quantitative estimate of drug-likeness (QED) is 0.190. The lowest BCUT2D eigenvalue weighted by atomic mass is 10.1. The highest BCUT2D eigenvalue weighted by atomic mass is 31.2. The molecular formula is C21H34N2O6P2+2. The first kappa shape index (κ1) is 25.9. The molecule has 0 amide bonds. The van der Waals surface area contributed by atoms with Crippen LogP contribution in [0.4, 0.5) is 0 Å². The summed E-state index contributed by atoms with van der Waals surface area (Å²) in [5.41, 5.74) is 2.21. The van der Waals surface area contributed by atoms with Gasteiger partial charge in [0.25, 0.3) is 0 Å². The number of aryl methyl sites for hydroxylation is 2. The monoisotopic (exact) mass is 472 g/mol. The highest BCUT2D eigenvalue weighted by Crippen LogP contribution is 2.35. The maximum absolute atomic E-state index is 10.9. The minimum Gasteiger partial charge on any atom is -0.324 e. The van der Waals surface area contributed by atoms with Gasteiger partial charge in [-0.15, -0.1) is 0 Å². The Morgan fingerprint density at radius 2 is 0.903 bits per heavy atom. The number of aromatic nitrogens is 2. The van der Waals surface area contributed by atoms with E-state index in [0.29, 0.717) is 19.4 Å². The van der Waals surface area contributed by atoms with Gasteiger partial charge in [-0.1, -0.05) is 19.3 Å². The number of rotatable bonds is 14. The lowest BCUT2D eigenvalue weighted by molar-refractivity contribution is -0.697. The molecule has 0 unspecified atom stereocenters. The van der Waals surface area contributed by atoms with Crippen molar-refractivity contribution in [1.82, 2.24) is 0 Å². The van der Waals surface area contributed by atoms with Crippen molar-refractivity contribution in [3.05, 3.63) is 49.1 Å². The van der Waals surface area contributed by atoms with E-state index in [1.807, 2.05) is 29.1 Å². The zero-order chi connectivity index (χ0) is 22.7. The lowest BCUT2D eigenvalue weighted by Gasteiger charge is -2.04. The Labute approximate surface area is 183 Å². The van der Waals surface area contributed by atoms with Crippen LogP contribution in [0.3, 0.4) is 0 Å². The van der Waals surface area contributed by atoms with Crippen molar-refractivity contribution < 1.29 is 37.8 Å². The molecule has 8 nitrogen and oxygen atoms in total. The second kappa shape index (κ2) is 12.6. The van der Waals surface area contributed by atoms with Crippen LogP contribution >= 0.6 is 15.2 Å². The molecule has 0 aliphatic carbocycles. The molecule has 2 aromatic rings. The van der Waals surface area contributed by atoms with Crippen LogP contribution in [0.5, 0.6) is 0 Å². The molecule has 0 fully saturated rings. The van der Waals surface area contributed by atoms with Gasteiger partial charge in [-0.2, -0.15) is 0 Å². The molecule has 0 bridgehead atoms. The summed E-state index contributed by atoms with van der Waals surface area (Å²) >= 11 is 0. The van der Waals surface area contributed by atoms with Gasteiger partial charge >= 0.3 is 15.2 Å². The van der Waals surface area contributed by atoms with Gasteiger partial charge < -0.3 is 19.6 Å². The Balaban J connectivity index is 1.68. The fourth-order valence-corrected chi connectivity index (χ4v) is 4.57. The minimum absolute atomic E-state index is 0.00672.